The van der Waals surface area contributed by atoms with Gasteiger partial charge in [0.15, 0.2) is 11.9 Å². The molecule has 1 N–H and O–H groups in total. The van der Waals surface area contributed by atoms with Crippen LogP contribution in [-0.4, -0.2) is 22.0 Å². The Labute approximate surface area is 196 Å². The Bertz CT molecular complexity index is 1200. The van der Waals surface area contributed by atoms with Gasteiger partial charge in [-0.2, -0.15) is 0 Å². The summed E-state index contributed by atoms with van der Waals surface area (Å²) in [7, 11) is 0. The molecule has 32 heavy (non-hydrogen) atoms. The van der Waals surface area contributed by atoms with E-state index in [1.807, 2.05) is 0 Å². The van der Waals surface area contributed by atoms with Crippen LogP contribution in [0.1, 0.15) is 55.0 Å². The normalized spacial score (nSPS) is 30.0. The average molecular weight is 466 g/mol. The first-order valence-electron chi connectivity index (χ1n) is 11.0. The molecule has 4 nitrogen and oxygen atoms in total. The quantitative estimate of drug-likeness (QED) is 0.499. The first kappa shape index (κ1) is 20.4. The molecule has 1 aliphatic heterocycles. The number of carbonyl (C=O) groups excluding carboxylic acids is 1. The molecule has 4 aliphatic rings. The van der Waals surface area contributed by atoms with Crippen LogP contribution in [0.25, 0.3) is 10.6 Å². The summed E-state index contributed by atoms with van der Waals surface area (Å²) in [4.78, 5) is 18.0. The Morgan fingerprint density at radius 1 is 1.22 bits per heavy atom. The van der Waals surface area contributed by atoms with Gasteiger partial charge in [-0.15, -0.1) is 11.3 Å². The fourth-order valence-corrected chi connectivity index (χ4v) is 7.03. The van der Waals surface area contributed by atoms with Crippen LogP contribution in [0.15, 0.2) is 47.8 Å². The van der Waals surface area contributed by atoms with Gasteiger partial charge >= 0.3 is 0 Å². The minimum atomic E-state index is -0.721. The first-order chi connectivity index (χ1) is 15.3. The number of ether oxygens (including phenoxy) is 1. The predicted molar refractivity (Wildman–Crippen MR) is 125 cm³/mol. The zero-order chi connectivity index (χ0) is 22.1. The summed E-state index contributed by atoms with van der Waals surface area (Å²) in [5.41, 5.74) is 4.49. The average Bonchev–Trinajstić information content (AvgIpc) is 3.20. The number of thiazole rings is 1. The number of ketones is 1. The van der Waals surface area contributed by atoms with Crippen LogP contribution in [0.5, 0.6) is 5.75 Å². The Morgan fingerprint density at radius 2 is 1.97 bits per heavy atom. The molecule has 0 saturated heterocycles. The van der Waals surface area contributed by atoms with E-state index in [9.17, 15) is 9.90 Å². The van der Waals surface area contributed by atoms with E-state index in [-0.39, 0.29) is 16.6 Å². The number of benzene rings is 2. The van der Waals surface area contributed by atoms with Crippen LogP contribution in [0, 0.1) is 12.3 Å². The Kier molecular flexibility index (Phi) is 4.55. The number of aliphatic hydroxyl groups excluding tert-OH is 1. The molecule has 0 unspecified atom stereocenters. The van der Waals surface area contributed by atoms with Gasteiger partial charge in [-0.25, -0.2) is 4.98 Å². The van der Waals surface area contributed by atoms with E-state index in [4.69, 9.17) is 21.3 Å². The maximum Gasteiger partial charge on any atom is 0.173 e. The van der Waals surface area contributed by atoms with Gasteiger partial charge in [0.1, 0.15) is 10.8 Å². The van der Waals surface area contributed by atoms with Gasteiger partial charge in [0.25, 0.3) is 0 Å². The van der Waals surface area contributed by atoms with E-state index in [0.29, 0.717) is 29.2 Å². The number of Topliss-reactive ketones (excluding diaryl/α,β-unsaturated/α-hetero) is 1. The largest absolute Gasteiger partial charge is 0.482 e. The molecule has 6 heteroatoms. The van der Waals surface area contributed by atoms with Crippen LogP contribution in [0.3, 0.4) is 0 Å². The van der Waals surface area contributed by atoms with Crippen molar-refractivity contribution < 1.29 is 14.6 Å². The zero-order valence-electron chi connectivity index (χ0n) is 17.8. The van der Waals surface area contributed by atoms with Crippen LogP contribution in [0.2, 0.25) is 5.02 Å². The van der Waals surface area contributed by atoms with Gasteiger partial charge in [0.2, 0.25) is 0 Å². The Hall–Kier alpha value is -2.21. The van der Waals surface area contributed by atoms with E-state index in [0.717, 1.165) is 29.8 Å². The van der Waals surface area contributed by atoms with Gasteiger partial charge in [0.05, 0.1) is 11.8 Å². The zero-order valence-corrected chi connectivity index (χ0v) is 19.4. The topological polar surface area (TPSA) is 59.4 Å². The molecular weight excluding hydrogens is 442 g/mol. The molecule has 3 aromatic rings. The fraction of sp³-hybridized carbons (Fsp3) is 0.385. The van der Waals surface area contributed by atoms with Crippen molar-refractivity contribution in [3.05, 3.63) is 69.7 Å². The number of aryl methyl sites for hydroxylation is 1. The number of hydrogen-bond acceptors (Lipinski definition) is 5. The van der Waals surface area contributed by atoms with Gasteiger partial charge in [-0.1, -0.05) is 41.4 Å². The lowest BCUT2D eigenvalue weighted by atomic mass is 9.33. The van der Waals surface area contributed by atoms with Gasteiger partial charge in [-0.3, -0.25) is 4.79 Å². The molecule has 2 heterocycles. The van der Waals surface area contributed by atoms with Crippen molar-refractivity contribution in [2.45, 2.75) is 56.7 Å². The molecule has 7 rings (SSSR count). The maximum atomic E-state index is 13.0. The number of halogens is 1. The number of rotatable bonds is 5. The van der Waals surface area contributed by atoms with Crippen molar-refractivity contribution >= 4 is 28.7 Å². The molecule has 2 bridgehead atoms. The fourth-order valence-electron chi connectivity index (χ4n) is 5.90. The van der Waals surface area contributed by atoms with E-state index in [1.165, 1.54) is 11.3 Å². The molecule has 1 aromatic heterocycles. The summed E-state index contributed by atoms with van der Waals surface area (Å²) in [6.07, 6.45) is 2.56. The lowest BCUT2D eigenvalue weighted by Gasteiger charge is -2.70. The van der Waals surface area contributed by atoms with Crippen molar-refractivity contribution in [2.75, 3.05) is 0 Å². The first-order valence-corrected chi connectivity index (χ1v) is 12.3. The molecule has 0 radical (unpaired) electrons. The van der Waals surface area contributed by atoms with Gasteiger partial charge < -0.3 is 9.84 Å². The van der Waals surface area contributed by atoms with Crippen LogP contribution < -0.4 is 4.74 Å². The number of aliphatic hydroxyl groups is 1. The summed E-state index contributed by atoms with van der Waals surface area (Å²) in [5.74, 6) is 0.656. The summed E-state index contributed by atoms with van der Waals surface area (Å²) in [6.45, 7) is 2.09. The van der Waals surface area contributed by atoms with Crippen molar-refractivity contribution in [3.8, 4) is 16.3 Å². The molecule has 0 spiro atoms. The summed E-state index contributed by atoms with van der Waals surface area (Å²) in [6, 6.07) is 13.7. The van der Waals surface area contributed by atoms with Crippen LogP contribution in [-0.2, 0) is 10.2 Å². The highest BCUT2D eigenvalue weighted by Crippen LogP contribution is 2.75. The molecule has 3 aliphatic carbocycles. The second-order valence-electron chi connectivity index (χ2n) is 9.90. The highest BCUT2D eigenvalue weighted by atomic mass is 35.5. The smallest absolute Gasteiger partial charge is 0.173 e. The lowest BCUT2D eigenvalue weighted by molar-refractivity contribution is -0.164. The number of hydrogen-bond donors (Lipinski definition) is 1. The lowest BCUT2D eigenvalue weighted by Crippen LogP contribution is -2.65. The predicted octanol–water partition coefficient (Wildman–Crippen LogP) is 6.04. The Morgan fingerprint density at radius 3 is 2.72 bits per heavy atom. The van der Waals surface area contributed by atoms with Crippen LogP contribution >= 0.6 is 22.9 Å². The SMILES string of the molecule is Cc1ccc(-c2nc(C34CC(CC(=O)[C@@H]5C[C@@H](O)c6cc(Cl)ccc6O5)(C3)C4)cs2)cc1. The number of aromatic nitrogens is 1. The number of carbonyl (C=O) groups is 1. The van der Waals surface area contributed by atoms with E-state index in [1.54, 1.807) is 29.5 Å². The van der Waals surface area contributed by atoms with E-state index >= 15 is 0 Å². The second kappa shape index (κ2) is 7.14. The third-order valence-corrected chi connectivity index (χ3v) is 8.56. The monoisotopic (exact) mass is 465 g/mol. The number of fused-ring (bicyclic) bond motifs is 1. The van der Waals surface area contributed by atoms with Crippen molar-refractivity contribution in [1.82, 2.24) is 4.98 Å². The third-order valence-electron chi connectivity index (χ3n) is 7.43. The molecular formula is C26H24ClNO3S. The molecule has 2 aromatic carbocycles. The third kappa shape index (κ3) is 3.21. The molecule has 3 saturated carbocycles. The second-order valence-corrected chi connectivity index (χ2v) is 11.2. The summed E-state index contributed by atoms with van der Waals surface area (Å²) < 4.78 is 5.94. The molecule has 164 valence electrons. The minimum absolute atomic E-state index is 0.0826. The molecule has 3 fully saturated rings. The van der Waals surface area contributed by atoms with Crippen molar-refractivity contribution in [2.24, 2.45) is 5.41 Å². The maximum absolute atomic E-state index is 13.0. The van der Waals surface area contributed by atoms with E-state index in [2.05, 4.69) is 36.6 Å². The van der Waals surface area contributed by atoms with Crippen LogP contribution in [0.4, 0.5) is 0 Å². The Balaban J connectivity index is 1.10. The highest BCUT2D eigenvalue weighted by Gasteiger charge is 2.69. The number of nitrogens with zero attached hydrogens (tertiary/aromatic N) is 1. The van der Waals surface area contributed by atoms with Crippen molar-refractivity contribution in [1.29, 1.82) is 0 Å². The summed E-state index contributed by atoms with van der Waals surface area (Å²) in [5, 5.41) is 14.3. The van der Waals surface area contributed by atoms with Gasteiger partial charge in [0, 0.05) is 39.8 Å². The molecule has 0 amide bonds. The van der Waals surface area contributed by atoms with E-state index < -0.39 is 12.2 Å². The summed E-state index contributed by atoms with van der Waals surface area (Å²) >= 11 is 7.73. The highest BCUT2D eigenvalue weighted by molar-refractivity contribution is 7.13. The van der Waals surface area contributed by atoms with Crippen molar-refractivity contribution in [3.63, 3.8) is 0 Å². The minimum Gasteiger partial charge on any atom is -0.482 e. The standard InChI is InChI=1S/C26H24ClNO3S/c1-15-2-4-16(5-3-15)24-28-23(11-32-24)26-12-25(13-26,14-26)10-20(30)22-9-19(29)18-8-17(27)6-7-21(18)31-22/h2-8,11,19,22,29H,9-10,12-14H2,1H3/t19-,22+,25?,26?/m1/s1. The van der Waals surface area contributed by atoms with Gasteiger partial charge in [-0.05, 0) is 49.8 Å². The molecule has 2 atom stereocenters.